The molecule has 0 N–H and O–H groups in total. The molecular weight excluding hydrogens is 176 g/mol. The molecule has 2 atom stereocenters. The van der Waals surface area contributed by atoms with Gasteiger partial charge < -0.3 is 0 Å². The summed E-state index contributed by atoms with van der Waals surface area (Å²) < 4.78 is 0. The third-order valence-corrected chi connectivity index (χ3v) is 4.57. The first-order valence-corrected chi connectivity index (χ1v) is 5.53. The van der Waals surface area contributed by atoms with Gasteiger partial charge in [-0.25, -0.2) is 0 Å². The zero-order chi connectivity index (χ0) is 10.4. The maximum absolute atomic E-state index is 12.0. The maximum atomic E-state index is 12.0. The van der Waals surface area contributed by atoms with E-state index in [1.165, 1.54) is 0 Å². The Hall–Kier alpha value is -0.660. The van der Waals surface area contributed by atoms with Crippen molar-refractivity contribution in [3.63, 3.8) is 0 Å². The van der Waals surface area contributed by atoms with Crippen LogP contribution in [0.2, 0.25) is 0 Å². The van der Waals surface area contributed by atoms with Crippen molar-refractivity contribution in [2.24, 2.45) is 10.8 Å². The maximum Gasteiger partial charge on any atom is 0.139 e. The summed E-state index contributed by atoms with van der Waals surface area (Å²) in [5, 5.41) is 0. The molecule has 14 heavy (non-hydrogen) atoms. The van der Waals surface area contributed by atoms with Crippen molar-refractivity contribution in [1.82, 2.24) is 0 Å². The zero-order valence-corrected chi connectivity index (χ0v) is 9.06. The van der Waals surface area contributed by atoms with E-state index in [1.807, 2.05) is 0 Å². The van der Waals surface area contributed by atoms with Crippen LogP contribution < -0.4 is 0 Å². The van der Waals surface area contributed by atoms with Crippen molar-refractivity contribution in [1.29, 1.82) is 0 Å². The number of hydrogen-bond donors (Lipinski definition) is 0. The van der Waals surface area contributed by atoms with Crippen molar-refractivity contribution in [3.8, 4) is 0 Å². The monoisotopic (exact) mass is 194 g/mol. The summed E-state index contributed by atoms with van der Waals surface area (Å²) in [7, 11) is 0. The molecule has 2 nitrogen and oxygen atoms in total. The van der Waals surface area contributed by atoms with Gasteiger partial charge in [0.15, 0.2) is 0 Å². The van der Waals surface area contributed by atoms with E-state index in [1.54, 1.807) is 0 Å². The quantitative estimate of drug-likeness (QED) is 0.593. The van der Waals surface area contributed by atoms with Gasteiger partial charge in [0.2, 0.25) is 0 Å². The first-order valence-electron chi connectivity index (χ1n) is 5.53. The Morgan fingerprint density at radius 2 is 1.79 bits per heavy atom. The molecule has 2 heteroatoms. The summed E-state index contributed by atoms with van der Waals surface area (Å²) in [5.41, 5.74) is -0.253. The molecule has 0 aromatic carbocycles. The Kier molecular flexibility index (Phi) is 2.06. The second-order valence-corrected chi connectivity index (χ2v) is 5.38. The van der Waals surface area contributed by atoms with E-state index >= 15 is 0 Å². The van der Waals surface area contributed by atoms with Gasteiger partial charge in [0.05, 0.1) is 0 Å². The highest BCUT2D eigenvalue weighted by Gasteiger charge is 2.54. The Balaban J connectivity index is 2.36. The fraction of sp³-hybridized carbons (Fsp3) is 0.833. The van der Waals surface area contributed by atoms with Crippen molar-refractivity contribution in [3.05, 3.63) is 0 Å². The SMILES string of the molecule is C[C@]12CCCC(=O)[C@@]1(C)CCC(=O)C2. The molecule has 2 aliphatic carbocycles. The molecule has 0 saturated heterocycles. The Labute approximate surface area is 85.1 Å². The van der Waals surface area contributed by atoms with Crippen molar-refractivity contribution < 1.29 is 9.59 Å². The summed E-state index contributed by atoms with van der Waals surface area (Å²) in [6.45, 7) is 4.20. The van der Waals surface area contributed by atoms with Crippen LogP contribution >= 0.6 is 0 Å². The average Bonchev–Trinajstić information content (AvgIpc) is 2.10. The van der Waals surface area contributed by atoms with E-state index in [-0.39, 0.29) is 10.8 Å². The molecule has 0 unspecified atom stereocenters. The van der Waals surface area contributed by atoms with Crippen LogP contribution in [0.3, 0.4) is 0 Å². The lowest BCUT2D eigenvalue weighted by atomic mass is 9.51. The number of ketones is 2. The summed E-state index contributed by atoms with van der Waals surface area (Å²) >= 11 is 0. The second kappa shape index (κ2) is 2.91. The lowest BCUT2D eigenvalue weighted by Crippen LogP contribution is -2.51. The first kappa shape index (κ1) is 9.88. The van der Waals surface area contributed by atoms with E-state index in [4.69, 9.17) is 0 Å². The minimum atomic E-state index is -0.209. The minimum absolute atomic E-state index is 0.0440. The normalized spacial score (nSPS) is 43.6. The van der Waals surface area contributed by atoms with Crippen LogP contribution in [-0.4, -0.2) is 11.6 Å². The summed E-state index contributed by atoms with van der Waals surface area (Å²) in [4.78, 5) is 23.4. The molecule has 0 heterocycles. The second-order valence-electron chi connectivity index (χ2n) is 5.38. The van der Waals surface area contributed by atoms with Crippen LogP contribution in [0.15, 0.2) is 0 Å². The number of carbonyl (C=O) groups excluding carboxylic acids is 2. The van der Waals surface area contributed by atoms with Gasteiger partial charge in [0, 0.05) is 24.7 Å². The van der Waals surface area contributed by atoms with Crippen LogP contribution in [0, 0.1) is 10.8 Å². The molecule has 0 aliphatic heterocycles. The van der Waals surface area contributed by atoms with E-state index in [2.05, 4.69) is 13.8 Å². The molecule has 2 aliphatic rings. The lowest BCUT2D eigenvalue weighted by Gasteiger charge is -2.51. The topological polar surface area (TPSA) is 34.1 Å². The molecule has 2 fully saturated rings. The van der Waals surface area contributed by atoms with E-state index < -0.39 is 0 Å². The molecule has 0 radical (unpaired) electrons. The van der Waals surface area contributed by atoms with Crippen LogP contribution in [0.5, 0.6) is 0 Å². The summed E-state index contributed by atoms with van der Waals surface area (Å²) in [6.07, 6.45) is 4.74. The van der Waals surface area contributed by atoms with Crippen LogP contribution in [0.4, 0.5) is 0 Å². The molecule has 2 rings (SSSR count). The number of carbonyl (C=O) groups is 2. The van der Waals surface area contributed by atoms with E-state index in [0.717, 1.165) is 25.7 Å². The van der Waals surface area contributed by atoms with E-state index in [9.17, 15) is 9.59 Å². The van der Waals surface area contributed by atoms with Gasteiger partial charge in [0.1, 0.15) is 11.6 Å². The van der Waals surface area contributed by atoms with Gasteiger partial charge in [-0.15, -0.1) is 0 Å². The highest BCUT2D eigenvalue weighted by atomic mass is 16.1. The van der Waals surface area contributed by atoms with Gasteiger partial charge in [-0.2, -0.15) is 0 Å². The number of Topliss-reactive ketones (excluding diaryl/α,β-unsaturated/α-hetero) is 2. The molecule has 0 aromatic rings. The fourth-order valence-corrected chi connectivity index (χ4v) is 3.17. The van der Waals surface area contributed by atoms with Crippen molar-refractivity contribution in [2.75, 3.05) is 0 Å². The lowest BCUT2D eigenvalue weighted by molar-refractivity contribution is -0.149. The summed E-state index contributed by atoms with van der Waals surface area (Å²) in [6, 6.07) is 0. The van der Waals surface area contributed by atoms with Gasteiger partial charge in [-0.1, -0.05) is 13.8 Å². The van der Waals surface area contributed by atoms with Crippen molar-refractivity contribution in [2.45, 2.75) is 52.4 Å². The number of fused-ring (bicyclic) bond motifs is 1. The van der Waals surface area contributed by atoms with Gasteiger partial charge >= 0.3 is 0 Å². The van der Waals surface area contributed by atoms with Gasteiger partial charge in [-0.3, -0.25) is 9.59 Å². The molecule has 0 bridgehead atoms. The van der Waals surface area contributed by atoms with Crippen LogP contribution in [0.1, 0.15) is 52.4 Å². The van der Waals surface area contributed by atoms with Gasteiger partial charge in [0.25, 0.3) is 0 Å². The third-order valence-electron chi connectivity index (χ3n) is 4.57. The van der Waals surface area contributed by atoms with Crippen molar-refractivity contribution >= 4 is 11.6 Å². The predicted octanol–water partition coefficient (Wildman–Crippen LogP) is 2.51. The number of rotatable bonds is 0. The Bertz CT molecular complexity index is 295. The molecule has 0 amide bonds. The smallest absolute Gasteiger partial charge is 0.139 e. The highest BCUT2D eigenvalue weighted by molar-refractivity contribution is 5.90. The average molecular weight is 194 g/mol. The van der Waals surface area contributed by atoms with Crippen LogP contribution in [0.25, 0.3) is 0 Å². The van der Waals surface area contributed by atoms with Gasteiger partial charge in [-0.05, 0) is 24.7 Å². The Morgan fingerprint density at radius 3 is 2.50 bits per heavy atom. The molecular formula is C12H18O2. The Morgan fingerprint density at radius 1 is 1.07 bits per heavy atom. The number of hydrogen-bond acceptors (Lipinski definition) is 2. The summed E-state index contributed by atoms with van der Waals surface area (Å²) in [5.74, 6) is 0.735. The minimum Gasteiger partial charge on any atom is -0.300 e. The molecule has 0 spiro atoms. The first-order chi connectivity index (χ1) is 6.48. The van der Waals surface area contributed by atoms with E-state index in [0.29, 0.717) is 24.4 Å². The largest absolute Gasteiger partial charge is 0.300 e. The molecule has 0 aromatic heterocycles. The zero-order valence-electron chi connectivity index (χ0n) is 9.06. The third kappa shape index (κ3) is 1.16. The standard InChI is InChI=1S/C12H18O2/c1-11-6-3-4-10(14)12(11,2)7-5-9(13)8-11/h3-8H2,1-2H3/t11-,12-/m1/s1. The molecule has 78 valence electrons. The fourth-order valence-electron chi connectivity index (χ4n) is 3.17. The van der Waals surface area contributed by atoms with Crippen LogP contribution in [-0.2, 0) is 9.59 Å². The highest BCUT2D eigenvalue weighted by Crippen LogP contribution is 2.55. The molecule has 2 saturated carbocycles. The predicted molar refractivity (Wildman–Crippen MR) is 53.9 cm³/mol.